The molecule has 1 aliphatic carbocycles. The van der Waals surface area contributed by atoms with Gasteiger partial charge in [0.2, 0.25) is 0 Å². The number of hydrogen-bond acceptors (Lipinski definition) is 2. The second-order valence-electron chi connectivity index (χ2n) is 3.08. The van der Waals surface area contributed by atoms with Crippen molar-refractivity contribution in [2.24, 2.45) is 5.73 Å². The molecule has 2 heteroatoms. The molecule has 0 spiro atoms. The Morgan fingerprint density at radius 1 is 1.55 bits per heavy atom. The van der Waals surface area contributed by atoms with Crippen LogP contribution in [-0.4, -0.2) is 5.54 Å². The van der Waals surface area contributed by atoms with Crippen molar-refractivity contribution in [3.63, 3.8) is 0 Å². The molecule has 0 saturated heterocycles. The van der Waals surface area contributed by atoms with E-state index in [1.807, 2.05) is 24.3 Å². The van der Waals surface area contributed by atoms with Crippen LogP contribution >= 0.6 is 0 Å². The van der Waals surface area contributed by atoms with E-state index >= 15 is 0 Å². The molecule has 0 bridgehead atoms. The van der Waals surface area contributed by atoms with Gasteiger partial charge in [0.1, 0.15) is 5.76 Å². The van der Waals surface area contributed by atoms with Gasteiger partial charge in [-0.25, -0.2) is 0 Å². The van der Waals surface area contributed by atoms with Crippen molar-refractivity contribution in [3.8, 4) is 0 Å². The van der Waals surface area contributed by atoms with Gasteiger partial charge in [0.05, 0.1) is 6.26 Å². The van der Waals surface area contributed by atoms with Crippen LogP contribution in [0.4, 0.5) is 0 Å². The van der Waals surface area contributed by atoms with Crippen molar-refractivity contribution in [1.29, 1.82) is 0 Å². The zero-order chi connectivity index (χ0) is 7.73. The van der Waals surface area contributed by atoms with E-state index in [1.54, 1.807) is 6.26 Å². The second-order valence-corrected chi connectivity index (χ2v) is 3.08. The maximum atomic E-state index is 5.83. The Kier molecular flexibility index (Phi) is 1.36. The normalized spacial score (nSPS) is 20.8. The third kappa shape index (κ3) is 1.52. The predicted octanol–water partition coefficient (Wildman–Crippen LogP) is 1.78. The molecule has 2 N–H and O–H groups in total. The topological polar surface area (TPSA) is 39.2 Å². The Balaban J connectivity index is 2.05. The van der Waals surface area contributed by atoms with E-state index < -0.39 is 0 Å². The molecule has 0 amide bonds. The van der Waals surface area contributed by atoms with Crippen LogP contribution in [-0.2, 0) is 0 Å². The summed E-state index contributed by atoms with van der Waals surface area (Å²) in [7, 11) is 0. The highest BCUT2D eigenvalue weighted by atomic mass is 16.3. The molecule has 1 saturated carbocycles. The van der Waals surface area contributed by atoms with E-state index in [1.165, 1.54) is 0 Å². The lowest BCUT2D eigenvalue weighted by Gasteiger charge is -1.96. The van der Waals surface area contributed by atoms with Gasteiger partial charge in [0.25, 0.3) is 0 Å². The number of hydrogen-bond donors (Lipinski definition) is 1. The van der Waals surface area contributed by atoms with E-state index in [0.29, 0.717) is 0 Å². The zero-order valence-corrected chi connectivity index (χ0v) is 6.29. The molecule has 1 heterocycles. The zero-order valence-electron chi connectivity index (χ0n) is 6.29. The highest BCUT2D eigenvalue weighted by molar-refractivity contribution is 5.46. The summed E-state index contributed by atoms with van der Waals surface area (Å²) in [6.07, 6.45) is 7.82. The van der Waals surface area contributed by atoms with Crippen molar-refractivity contribution in [2.45, 2.75) is 18.4 Å². The van der Waals surface area contributed by atoms with E-state index in [9.17, 15) is 0 Å². The molecule has 1 aromatic rings. The number of nitrogens with two attached hydrogens (primary N) is 1. The molecule has 0 aliphatic heterocycles. The number of furan rings is 1. The lowest BCUT2D eigenvalue weighted by Crippen LogP contribution is -2.17. The summed E-state index contributed by atoms with van der Waals surface area (Å²) >= 11 is 0. The first-order valence-corrected chi connectivity index (χ1v) is 3.80. The molecule has 0 radical (unpaired) electrons. The molecule has 0 atom stereocenters. The molecule has 1 aliphatic rings. The highest BCUT2D eigenvalue weighted by Crippen LogP contribution is 2.33. The quantitative estimate of drug-likeness (QED) is 0.696. The summed E-state index contributed by atoms with van der Waals surface area (Å²) in [5.74, 6) is 0.877. The Morgan fingerprint density at radius 2 is 2.36 bits per heavy atom. The van der Waals surface area contributed by atoms with Crippen LogP contribution < -0.4 is 5.73 Å². The molecule has 0 unspecified atom stereocenters. The van der Waals surface area contributed by atoms with Crippen molar-refractivity contribution >= 4 is 6.08 Å². The fourth-order valence-corrected chi connectivity index (χ4v) is 0.945. The van der Waals surface area contributed by atoms with Gasteiger partial charge in [-0.05, 0) is 31.1 Å². The predicted molar refractivity (Wildman–Crippen MR) is 43.9 cm³/mol. The largest absolute Gasteiger partial charge is 0.465 e. The lowest BCUT2D eigenvalue weighted by atomic mass is 10.2. The van der Waals surface area contributed by atoms with E-state index in [2.05, 4.69) is 0 Å². The lowest BCUT2D eigenvalue weighted by molar-refractivity contribution is 0.556. The summed E-state index contributed by atoms with van der Waals surface area (Å²) in [6.45, 7) is 0. The maximum absolute atomic E-state index is 5.83. The van der Waals surface area contributed by atoms with Crippen LogP contribution in [0, 0.1) is 0 Å². The van der Waals surface area contributed by atoms with E-state index in [0.717, 1.165) is 18.6 Å². The minimum Gasteiger partial charge on any atom is -0.465 e. The SMILES string of the molecule is NC1(/C=C\c2ccco2)CC1. The minimum atomic E-state index is -0.0210. The first-order valence-electron chi connectivity index (χ1n) is 3.80. The Morgan fingerprint density at radius 3 is 2.91 bits per heavy atom. The number of rotatable bonds is 2. The molecule has 1 aromatic heterocycles. The molecule has 58 valence electrons. The van der Waals surface area contributed by atoms with Crippen molar-refractivity contribution in [3.05, 3.63) is 30.2 Å². The van der Waals surface area contributed by atoms with Gasteiger partial charge < -0.3 is 10.2 Å². The average Bonchev–Trinajstić information content (AvgIpc) is 2.53. The molecule has 1 fully saturated rings. The summed E-state index contributed by atoms with van der Waals surface area (Å²) in [5.41, 5.74) is 5.81. The van der Waals surface area contributed by atoms with Gasteiger partial charge in [-0.1, -0.05) is 6.08 Å². The summed E-state index contributed by atoms with van der Waals surface area (Å²) < 4.78 is 5.11. The van der Waals surface area contributed by atoms with Gasteiger partial charge >= 0.3 is 0 Å². The summed E-state index contributed by atoms with van der Waals surface area (Å²) in [4.78, 5) is 0. The Hall–Kier alpha value is -1.02. The standard InChI is InChI=1S/C9H11NO/c10-9(5-6-9)4-3-8-2-1-7-11-8/h1-4,7H,5-6,10H2/b4-3-. The van der Waals surface area contributed by atoms with Crippen molar-refractivity contribution in [1.82, 2.24) is 0 Å². The van der Waals surface area contributed by atoms with Crippen LogP contribution in [0.3, 0.4) is 0 Å². The van der Waals surface area contributed by atoms with Gasteiger partial charge in [-0.2, -0.15) is 0 Å². The van der Waals surface area contributed by atoms with Gasteiger partial charge in [-0.15, -0.1) is 0 Å². The first-order chi connectivity index (χ1) is 5.29. The van der Waals surface area contributed by atoms with Crippen LogP contribution in [0.2, 0.25) is 0 Å². The summed E-state index contributed by atoms with van der Waals surface area (Å²) in [5, 5.41) is 0. The molecule has 2 rings (SSSR count). The van der Waals surface area contributed by atoms with Crippen LogP contribution in [0.25, 0.3) is 6.08 Å². The smallest absolute Gasteiger partial charge is 0.126 e. The minimum absolute atomic E-state index is 0.0210. The van der Waals surface area contributed by atoms with E-state index in [-0.39, 0.29) is 5.54 Å². The van der Waals surface area contributed by atoms with Gasteiger partial charge in [0.15, 0.2) is 0 Å². The molecule has 11 heavy (non-hydrogen) atoms. The molecule has 2 nitrogen and oxygen atoms in total. The highest BCUT2D eigenvalue weighted by Gasteiger charge is 2.34. The fourth-order valence-electron chi connectivity index (χ4n) is 0.945. The molecular weight excluding hydrogens is 138 g/mol. The van der Waals surface area contributed by atoms with Crippen molar-refractivity contribution < 1.29 is 4.42 Å². The van der Waals surface area contributed by atoms with Gasteiger partial charge in [-0.3, -0.25) is 0 Å². The molecule has 0 aromatic carbocycles. The van der Waals surface area contributed by atoms with Crippen LogP contribution in [0.5, 0.6) is 0 Å². The van der Waals surface area contributed by atoms with Crippen LogP contribution in [0.15, 0.2) is 28.9 Å². The molecular formula is C9H11NO. The van der Waals surface area contributed by atoms with Gasteiger partial charge in [0, 0.05) is 5.54 Å². The average molecular weight is 149 g/mol. The van der Waals surface area contributed by atoms with Crippen LogP contribution in [0.1, 0.15) is 18.6 Å². The fraction of sp³-hybridized carbons (Fsp3) is 0.333. The maximum Gasteiger partial charge on any atom is 0.126 e. The Labute approximate surface area is 65.7 Å². The first kappa shape index (κ1) is 6.68. The monoisotopic (exact) mass is 149 g/mol. The Bertz CT molecular complexity index is 257. The van der Waals surface area contributed by atoms with Crippen molar-refractivity contribution in [2.75, 3.05) is 0 Å². The van der Waals surface area contributed by atoms with E-state index in [4.69, 9.17) is 10.2 Å². The third-order valence-corrected chi connectivity index (χ3v) is 1.95. The summed E-state index contributed by atoms with van der Waals surface area (Å²) in [6, 6.07) is 3.79. The second kappa shape index (κ2) is 2.24. The third-order valence-electron chi connectivity index (χ3n) is 1.95.